The number of carbonyl (C=O) groups excluding carboxylic acids is 1. The summed E-state index contributed by atoms with van der Waals surface area (Å²) in [4.78, 5) is 26.0. The van der Waals surface area contributed by atoms with Crippen LogP contribution in [0.15, 0.2) is 24.4 Å². The normalized spacial score (nSPS) is 25.6. The van der Waals surface area contributed by atoms with Crippen LogP contribution >= 0.6 is 0 Å². The highest BCUT2D eigenvalue weighted by atomic mass is 19.1. The Balaban J connectivity index is 1.15. The predicted octanol–water partition coefficient (Wildman–Crippen LogP) is 4.01. The van der Waals surface area contributed by atoms with E-state index in [4.69, 9.17) is 4.98 Å². The number of halogens is 1. The summed E-state index contributed by atoms with van der Waals surface area (Å²) >= 11 is 0. The molecule has 8 heteroatoms. The number of carbonyl (C=O) groups is 1. The molecular formula is C26H33FN6O. The van der Waals surface area contributed by atoms with Crippen molar-refractivity contribution in [1.82, 2.24) is 15.3 Å². The van der Waals surface area contributed by atoms with Gasteiger partial charge in [-0.05, 0) is 69.1 Å². The number of aromatic nitrogens is 2. The molecule has 1 spiro atoms. The van der Waals surface area contributed by atoms with Crippen molar-refractivity contribution >= 4 is 29.0 Å². The molecule has 34 heavy (non-hydrogen) atoms. The lowest BCUT2D eigenvalue weighted by molar-refractivity contribution is -0.128. The maximum Gasteiger partial charge on any atom is 0.229 e. The lowest BCUT2D eigenvalue weighted by atomic mass is 9.77. The monoisotopic (exact) mass is 464 g/mol. The van der Waals surface area contributed by atoms with Gasteiger partial charge < -0.3 is 20.4 Å². The van der Waals surface area contributed by atoms with E-state index >= 15 is 4.39 Å². The summed E-state index contributed by atoms with van der Waals surface area (Å²) in [5.74, 6) is 2.80. The molecule has 2 unspecified atom stereocenters. The number of hydrogen-bond acceptors (Lipinski definition) is 6. The summed E-state index contributed by atoms with van der Waals surface area (Å²) in [7, 11) is 0. The van der Waals surface area contributed by atoms with Gasteiger partial charge in [0, 0.05) is 50.2 Å². The van der Waals surface area contributed by atoms with Crippen LogP contribution < -0.4 is 20.4 Å². The van der Waals surface area contributed by atoms with Crippen LogP contribution in [0, 0.1) is 30.0 Å². The topological polar surface area (TPSA) is 73.4 Å². The number of amides is 1. The summed E-state index contributed by atoms with van der Waals surface area (Å²) in [5.41, 5.74) is 2.14. The summed E-state index contributed by atoms with van der Waals surface area (Å²) in [5, 5.41) is 6.19. The zero-order valence-corrected chi connectivity index (χ0v) is 19.8. The Kier molecular flexibility index (Phi) is 5.34. The fourth-order valence-corrected chi connectivity index (χ4v) is 6.56. The first kappa shape index (κ1) is 21.6. The number of anilines is 4. The number of nitrogens with one attached hydrogen (secondary N) is 2. The van der Waals surface area contributed by atoms with Gasteiger partial charge in [0.2, 0.25) is 11.9 Å². The first-order valence-corrected chi connectivity index (χ1v) is 12.7. The quantitative estimate of drug-likeness (QED) is 0.712. The van der Waals surface area contributed by atoms with Crippen LogP contribution in [-0.4, -0.2) is 48.6 Å². The minimum absolute atomic E-state index is 0.200. The number of piperidine rings is 1. The van der Waals surface area contributed by atoms with Crippen molar-refractivity contribution < 1.29 is 9.18 Å². The van der Waals surface area contributed by atoms with E-state index in [0.29, 0.717) is 17.3 Å². The van der Waals surface area contributed by atoms with Crippen LogP contribution in [-0.2, 0) is 4.79 Å². The molecule has 1 aromatic carbocycles. The fourth-order valence-electron chi connectivity index (χ4n) is 6.56. The van der Waals surface area contributed by atoms with Crippen molar-refractivity contribution in [1.29, 1.82) is 0 Å². The zero-order valence-electron chi connectivity index (χ0n) is 19.8. The maximum absolute atomic E-state index is 15.0. The van der Waals surface area contributed by atoms with Gasteiger partial charge in [-0.1, -0.05) is 6.42 Å². The Hall–Kier alpha value is -2.90. The molecule has 0 bridgehead atoms. The standard InChI is InChI=1S/C26H33FN6O/c1-17-14-29-25(31-23(17)32-11-8-26(9-12-32)7-10-28-24(26)34)30-20-5-6-22(21(27)13-20)33-15-18-3-2-4-19(18)16-33/h5-6,13-14,18-19H,2-4,7-12,15-16H2,1H3,(H,28,34)(H,29,30,31). The highest BCUT2D eigenvalue weighted by Crippen LogP contribution is 2.41. The molecule has 4 aliphatic rings. The second-order valence-electron chi connectivity index (χ2n) is 10.6. The maximum atomic E-state index is 15.0. The van der Waals surface area contributed by atoms with E-state index in [-0.39, 0.29) is 17.1 Å². The Morgan fingerprint density at radius 3 is 2.56 bits per heavy atom. The first-order chi connectivity index (χ1) is 16.5. The Labute approximate surface area is 200 Å². The van der Waals surface area contributed by atoms with Gasteiger partial charge in [-0.3, -0.25) is 4.79 Å². The number of hydrogen-bond donors (Lipinski definition) is 2. The number of aryl methyl sites for hydroxylation is 1. The average molecular weight is 465 g/mol. The number of fused-ring (bicyclic) bond motifs is 1. The molecule has 3 aliphatic heterocycles. The third-order valence-electron chi connectivity index (χ3n) is 8.61. The first-order valence-electron chi connectivity index (χ1n) is 12.7. The highest BCUT2D eigenvalue weighted by Gasteiger charge is 2.44. The molecule has 1 amide bonds. The van der Waals surface area contributed by atoms with E-state index in [1.807, 2.05) is 25.3 Å². The molecule has 4 fully saturated rings. The van der Waals surface area contributed by atoms with Crippen molar-refractivity contribution in [3.8, 4) is 0 Å². The van der Waals surface area contributed by atoms with Gasteiger partial charge in [0.05, 0.1) is 11.1 Å². The molecular weight excluding hydrogens is 431 g/mol. The second kappa shape index (κ2) is 8.40. The van der Waals surface area contributed by atoms with E-state index in [9.17, 15) is 4.79 Å². The lowest BCUT2D eigenvalue weighted by Gasteiger charge is -2.38. The summed E-state index contributed by atoms with van der Waals surface area (Å²) in [6, 6.07) is 5.35. The van der Waals surface area contributed by atoms with Crippen molar-refractivity contribution in [2.24, 2.45) is 17.3 Å². The fraction of sp³-hybridized carbons (Fsp3) is 0.577. The van der Waals surface area contributed by atoms with Gasteiger partial charge >= 0.3 is 0 Å². The minimum Gasteiger partial charge on any atom is -0.369 e. The summed E-state index contributed by atoms with van der Waals surface area (Å²) in [6.45, 7) is 6.33. The van der Waals surface area contributed by atoms with Gasteiger partial charge in [0.15, 0.2) is 0 Å². The van der Waals surface area contributed by atoms with Gasteiger partial charge in [0.25, 0.3) is 0 Å². The average Bonchev–Trinajstić information content (AvgIpc) is 3.52. The van der Waals surface area contributed by atoms with Gasteiger partial charge in [-0.2, -0.15) is 4.98 Å². The molecule has 1 aliphatic carbocycles. The largest absolute Gasteiger partial charge is 0.369 e. The molecule has 7 nitrogen and oxygen atoms in total. The highest BCUT2D eigenvalue weighted by molar-refractivity contribution is 5.85. The molecule has 1 aromatic heterocycles. The van der Waals surface area contributed by atoms with Crippen molar-refractivity contribution in [3.05, 3.63) is 35.8 Å². The van der Waals surface area contributed by atoms with Crippen molar-refractivity contribution in [3.63, 3.8) is 0 Å². The molecule has 2 aromatic rings. The molecule has 180 valence electrons. The molecule has 1 saturated carbocycles. The van der Waals surface area contributed by atoms with E-state index in [1.54, 1.807) is 6.07 Å². The minimum atomic E-state index is -0.203. The van der Waals surface area contributed by atoms with Crippen LogP contribution in [0.1, 0.15) is 44.1 Å². The van der Waals surface area contributed by atoms with Crippen LogP contribution in [0.5, 0.6) is 0 Å². The Bertz CT molecular complexity index is 1090. The predicted molar refractivity (Wildman–Crippen MR) is 131 cm³/mol. The summed E-state index contributed by atoms with van der Waals surface area (Å²) < 4.78 is 15.0. The van der Waals surface area contributed by atoms with E-state index in [0.717, 1.165) is 75.2 Å². The molecule has 2 N–H and O–H groups in total. The van der Waals surface area contributed by atoms with Crippen LogP contribution in [0.3, 0.4) is 0 Å². The van der Waals surface area contributed by atoms with Gasteiger partial charge in [-0.15, -0.1) is 0 Å². The molecule has 0 radical (unpaired) electrons. The second-order valence-corrected chi connectivity index (χ2v) is 10.6. The molecule has 6 rings (SSSR count). The van der Waals surface area contributed by atoms with Crippen LogP contribution in [0.25, 0.3) is 0 Å². The van der Waals surface area contributed by atoms with Crippen molar-refractivity contribution in [2.45, 2.75) is 45.4 Å². The molecule has 2 atom stereocenters. The van der Waals surface area contributed by atoms with Crippen molar-refractivity contribution in [2.75, 3.05) is 47.8 Å². The third-order valence-corrected chi connectivity index (χ3v) is 8.61. The van der Waals surface area contributed by atoms with E-state index in [1.165, 1.54) is 19.3 Å². The lowest BCUT2D eigenvalue weighted by Crippen LogP contribution is -2.44. The SMILES string of the molecule is Cc1cnc(Nc2ccc(N3CC4CCCC4C3)c(F)c2)nc1N1CCC2(CCNC2=O)CC1. The summed E-state index contributed by atoms with van der Waals surface area (Å²) in [6.07, 6.45) is 8.30. The number of benzene rings is 1. The van der Waals surface area contributed by atoms with Gasteiger partial charge in [0.1, 0.15) is 11.6 Å². The van der Waals surface area contributed by atoms with E-state index in [2.05, 4.69) is 25.4 Å². The Morgan fingerprint density at radius 1 is 1.12 bits per heavy atom. The van der Waals surface area contributed by atoms with E-state index < -0.39 is 0 Å². The molecule has 3 saturated heterocycles. The van der Waals surface area contributed by atoms with Crippen LogP contribution in [0.2, 0.25) is 0 Å². The third kappa shape index (κ3) is 3.77. The van der Waals surface area contributed by atoms with Gasteiger partial charge in [-0.25, -0.2) is 9.37 Å². The number of rotatable bonds is 4. The number of nitrogens with zero attached hydrogens (tertiary/aromatic N) is 4. The molecule has 4 heterocycles. The Morgan fingerprint density at radius 2 is 1.88 bits per heavy atom. The van der Waals surface area contributed by atoms with Crippen LogP contribution in [0.4, 0.5) is 27.5 Å². The smallest absolute Gasteiger partial charge is 0.229 e. The zero-order chi connectivity index (χ0) is 23.3.